The molecule has 22 heavy (non-hydrogen) atoms. The van der Waals surface area contributed by atoms with Crippen molar-refractivity contribution in [3.05, 3.63) is 24.3 Å². The molecule has 2 saturated heterocycles. The molecule has 3 rings (SSSR count). The second-order valence-corrected chi connectivity index (χ2v) is 6.19. The first-order valence-electron chi connectivity index (χ1n) is 8.12. The number of aliphatic hydroxyl groups is 1. The molecule has 2 heterocycles. The van der Waals surface area contributed by atoms with Crippen LogP contribution < -0.4 is 10.1 Å². The molecule has 0 saturated carbocycles. The van der Waals surface area contributed by atoms with E-state index in [1.807, 2.05) is 31.2 Å². The molecule has 2 aliphatic heterocycles. The Balaban J connectivity index is 1.54. The summed E-state index contributed by atoms with van der Waals surface area (Å²) in [6.07, 6.45) is 3.60. The summed E-state index contributed by atoms with van der Waals surface area (Å²) in [6.45, 7) is 2.99. The predicted molar refractivity (Wildman–Crippen MR) is 85.0 cm³/mol. The van der Waals surface area contributed by atoms with Gasteiger partial charge in [-0.25, -0.2) is 0 Å². The first kappa shape index (κ1) is 15.3. The molecule has 0 aliphatic carbocycles. The highest BCUT2D eigenvalue weighted by Crippen LogP contribution is 2.35. The van der Waals surface area contributed by atoms with Crippen molar-refractivity contribution in [1.82, 2.24) is 4.90 Å². The van der Waals surface area contributed by atoms with Gasteiger partial charge in [0, 0.05) is 17.8 Å². The van der Waals surface area contributed by atoms with Crippen LogP contribution in [-0.2, 0) is 4.79 Å². The maximum atomic E-state index is 12.2. The second-order valence-electron chi connectivity index (χ2n) is 6.19. The number of hydrogen-bond donors (Lipinski definition) is 2. The molecule has 1 amide bonds. The minimum absolute atomic E-state index is 0.0115. The molecule has 2 aliphatic rings. The second kappa shape index (κ2) is 6.67. The number of nitrogens with one attached hydrogen (secondary N) is 1. The van der Waals surface area contributed by atoms with Crippen LogP contribution in [0.15, 0.2) is 24.3 Å². The third-order valence-electron chi connectivity index (χ3n) is 4.63. The Kier molecular flexibility index (Phi) is 4.64. The molecule has 2 bridgehead atoms. The van der Waals surface area contributed by atoms with Crippen molar-refractivity contribution >= 4 is 11.6 Å². The van der Waals surface area contributed by atoms with Gasteiger partial charge in [0.2, 0.25) is 5.91 Å². The van der Waals surface area contributed by atoms with Gasteiger partial charge >= 0.3 is 0 Å². The Labute approximate surface area is 131 Å². The summed E-state index contributed by atoms with van der Waals surface area (Å²) in [4.78, 5) is 14.5. The van der Waals surface area contributed by atoms with E-state index in [2.05, 4.69) is 10.2 Å². The number of fused-ring (bicyclic) bond motifs is 2. The molecule has 2 atom stereocenters. The van der Waals surface area contributed by atoms with Gasteiger partial charge in [-0.05, 0) is 56.9 Å². The average molecular weight is 304 g/mol. The lowest BCUT2D eigenvalue weighted by Crippen LogP contribution is -2.47. The average Bonchev–Trinajstić information content (AvgIpc) is 2.72. The molecule has 120 valence electrons. The molecule has 1 aromatic rings. The number of carbonyl (C=O) groups excluding carboxylic acids is 1. The molecule has 2 N–H and O–H groups in total. The number of carbonyl (C=O) groups is 1. The molecule has 0 radical (unpaired) electrons. The van der Waals surface area contributed by atoms with E-state index in [4.69, 9.17) is 4.74 Å². The molecular weight excluding hydrogens is 280 g/mol. The van der Waals surface area contributed by atoms with Crippen LogP contribution in [0.1, 0.15) is 32.6 Å². The zero-order chi connectivity index (χ0) is 15.5. The van der Waals surface area contributed by atoms with Gasteiger partial charge in [-0.15, -0.1) is 0 Å². The van der Waals surface area contributed by atoms with Crippen LogP contribution in [0.5, 0.6) is 5.75 Å². The van der Waals surface area contributed by atoms with Crippen LogP contribution in [0.25, 0.3) is 0 Å². The Morgan fingerprint density at radius 1 is 1.27 bits per heavy atom. The van der Waals surface area contributed by atoms with Crippen molar-refractivity contribution in [2.24, 2.45) is 0 Å². The summed E-state index contributed by atoms with van der Waals surface area (Å²) in [7, 11) is 0. The maximum absolute atomic E-state index is 12.2. The molecule has 5 heteroatoms. The molecule has 0 aromatic heterocycles. The highest BCUT2D eigenvalue weighted by atomic mass is 16.5. The van der Waals surface area contributed by atoms with Crippen molar-refractivity contribution in [2.75, 3.05) is 18.5 Å². The molecular formula is C17H24N2O3. The number of ether oxygens (including phenoxy) is 1. The minimum Gasteiger partial charge on any atom is -0.494 e. The number of aliphatic hydroxyl groups excluding tert-OH is 1. The van der Waals surface area contributed by atoms with Crippen molar-refractivity contribution in [2.45, 2.75) is 50.8 Å². The lowest BCUT2D eigenvalue weighted by molar-refractivity contribution is -0.119. The van der Waals surface area contributed by atoms with E-state index in [1.54, 1.807) is 0 Å². The zero-order valence-electron chi connectivity index (χ0n) is 13.0. The summed E-state index contributed by atoms with van der Waals surface area (Å²) in [5.74, 6) is 0.820. The Hall–Kier alpha value is -1.59. The van der Waals surface area contributed by atoms with Gasteiger partial charge in [-0.1, -0.05) is 0 Å². The third kappa shape index (κ3) is 3.42. The fraction of sp³-hybridized carbons (Fsp3) is 0.588. The molecule has 5 nitrogen and oxygen atoms in total. The van der Waals surface area contributed by atoms with E-state index in [1.165, 1.54) is 0 Å². The molecule has 2 fully saturated rings. The smallest absolute Gasteiger partial charge is 0.238 e. The van der Waals surface area contributed by atoms with Crippen LogP contribution in [0.4, 0.5) is 5.69 Å². The normalized spacial score (nSPS) is 27.6. The lowest BCUT2D eigenvalue weighted by atomic mass is 10.00. The maximum Gasteiger partial charge on any atom is 0.238 e. The zero-order valence-corrected chi connectivity index (χ0v) is 13.0. The van der Waals surface area contributed by atoms with Crippen molar-refractivity contribution < 1.29 is 14.6 Å². The van der Waals surface area contributed by atoms with Gasteiger partial charge in [0.1, 0.15) is 5.75 Å². The van der Waals surface area contributed by atoms with Crippen molar-refractivity contribution in [3.8, 4) is 5.75 Å². The topological polar surface area (TPSA) is 61.8 Å². The van der Waals surface area contributed by atoms with Crippen LogP contribution in [0.3, 0.4) is 0 Å². The third-order valence-corrected chi connectivity index (χ3v) is 4.63. The van der Waals surface area contributed by atoms with Gasteiger partial charge in [-0.3, -0.25) is 9.69 Å². The fourth-order valence-corrected chi connectivity index (χ4v) is 3.67. The number of hydrogen-bond acceptors (Lipinski definition) is 4. The van der Waals surface area contributed by atoms with E-state index in [0.29, 0.717) is 25.2 Å². The van der Waals surface area contributed by atoms with Crippen LogP contribution in [-0.4, -0.2) is 47.3 Å². The summed E-state index contributed by atoms with van der Waals surface area (Å²) < 4.78 is 5.39. The summed E-state index contributed by atoms with van der Waals surface area (Å²) in [6, 6.07) is 8.16. The monoisotopic (exact) mass is 304 g/mol. The molecule has 2 unspecified atom stereocenters. The molecule has 0 spiro atoms. The number of nitrogens with zero attached hydrogens (tertiary/aromatic N) is 1. The quantitative estimate of drug-likeness (QED) is 0.873. The number of piperidine rings is 1. The number of anilines is 1. The van der Waals surface area contributed by atoms with E-state index in [9.17, 15) is 9.90 Å². The summed E-state index contributed by atoms with van der Waals surface area (Å²) in [5.41, 5.74) is 0.790. The highest BCUT2D eigenvalue weighted by molar-refractivity contribution is 5.92. The highest BCUT2D eigenvalue weighted by Gasteiger charge is 2.40. The Morgan fingerprint density at radius 2 is 1.91 bits per heavy atom. The van der Waals surface area contributed by atoms with Gasteiger partial charge in [-0.2, -0.15) is 0 Å². The van der Waals surface area contributed by atoms with Gasteiger partial charge in [0.15, 0.2) is 0 Å². The van der Waals surface area contributed by atoms with Gasteiger partial charge in [0.25, 0.3) is 0 Å². The lowest BCUT2D eigenvalue weighted by Gasteiger charge is -2.36. The van der Waals surface area contributed by atoms with Gasteiger partial charge < -0.3 is 15.2 Å². The summed E-state index contributed by atoms with van der Waals surface area (Å²) >= 11 is 0. The number of benzene rings is 1. The largest absolute Gasteiger partial charge is 0.494 e. The van der Waals surface area contributed by atoms with Gasteiger partial charge in [0.05, 0.1) is 19.3 Å². The van der Waals surface area contributed by atoms with Crippen LogP contribution in [0.2, 0.25) is 0 Å². The van der Waals surface area contributed by atoms with E-state index < -0.39 is 0 Å². The number of rotatable bonds is 5. The van der Waals surface area contributed by atoms with E-state index in [0.717, 1.165) is 37.1 Å². The van der Waals surface area contributed by atoms with Crippen molar-refractivity contribution in [3.63, 3.8) is 0 Å². The Morgan fingerprint density at radius 3 is 2.50 bits per heavy atom. The SMILES string of the molecule is CCOc1ccc(NC(=O)CN2C3CCC2CC(O)C3)cc1. The first-order valence-corrected chi connectivity index (χ1v) is 8.12. The number of amides is 1. The predicted octanol–water partition coefficient (Wildman–Crippen LogP) is 2.01. The summed E-state index contributed by atoms with van der Waals surface area (Å²) in [5, 5.41) is 12.7. The standard InChI is InChI=1S/C17H24N2O3/c1-2-22-16-7-3-12(4-8-16)18-17(21)11-19-13-5-6-14(19)10-15(20)9-13/h3-4,7-8,13-15,20H,2,5-6,9-11H2,1H3,(H,18,21). The van der Waals surface area contributed by atoms with Crippen LogP contribution >= 0.6 is 0 Å². The first-order chi connectivity index (χ1) is 10.7. The Bertz CT molecular complexity index is 503. The fourth-order valence-electron chi connectivity index (χ4n) is 3.67. The molecule has 1 aromatic carbocycles. The minimum atomic E-state index is -0.192. The van der Waals surface area contributed by atoms with Crippen molar-refractivity contribution in [1.29, 1.82) is 0 Å². The van der Waals surface area contributed by atoms with E-state index in [-0.39, 0.29) is 12.0 Å². The van der Waals surface area contributed by atoms with E-state index >= 15 is 0 Å². The van der Waals surface area contributed by atoms with Crippen LogP contribution in [0, 0.1) is 0 Å².